The van der Waals surface area contributed by atoms with Gasteiger partial charge in [0, 0.05) is 23.6 Å². The standard InChI is InChI=1S/C19H19N3O/c1-2-3-4-14-5-8-16(9-6-14)22-19(23)15-7-10-17-18(13-15)21-12-11-20-17/h5-13H,2-4H2,1H3,(H,22,23). The molecule has 1 amide bonds. The quantitative estimate of drug-likeness (QED) is 0.767. The molecule has 4 nitrogen and oxygen atoms in total. The van der Waals surface area contributed by atoms with Crippen molar-refractivity contribution < 1.29 is 4.79 Å². The van der Waals surface area contributed by atoms with Crippen LogP contribution in [0, 0.1) is 0 Å². The van der Waals surface area contributed by atoms with Gasteiger partial charge >= 0.3 is 0 Å². The number of aryl methyl sites for hydroxylation is 1. The average molecular weight is 305 g/mol. The second-order valence-corrected chi connectivity index (χ2v) is 5.51. The van der Waals surface area contributed by atoms with E-state index in [4.69, 9.17) is 0 Å². The Hall–Kier alpha value is -2.75. The van der Waals surface area contributed by atoms with Gasteiger partial charge in [0.05, 0.1) is 11.0 Å². The van der Waals surface area contributed by atoms with E-state index in [2.05, 4.69) is 34.3 Å². The number of nitrogens with one attached hydrogen (secondary N) is 1. The lowest BCUT2D eigenvalue weighted by Crippen LogP contribution is -2.11. The molecule has 0 bridgehead atoms. The lowest BCUT2D eigenvalue weighted by molar-refractivity contribution is 0.102. The van der Waals surface area contributed by atoms with Gasteiger partial charge in [-0.05, 0) is 48.7 Å². The van der Waals surface area contributed by atoms with Gasteiger partial charge in [-0.1, -0.05) is 25.5 Å². The molecule has 0 saturated heterocycles. The summed E-state index contributed by atoms with van der Waals surface area (Å²) in [5, 5.41) is 2.92. The van der Waals surface area contributed by atoms with Gasteiger partial charge in [0.15, 0.2) is 0 Å². The first-order valence-corrected chi connectivity index (χ1v) is 7.87. The molecule has 3 aromatic rings. The molecular formula is C19H19N3O. The van der Waals surface area contributed by atoms with Crippen molar-refractivity contribution in [3.63, 3.8) is 0 Å². The fourth-order valence-corrected chi connectivity index (χ4v) is 2.44. The molecule has 1 aromatic heterocycles. The minimum atomic E-state index is -0.140. The Morgan fingerprint density at radius 2 is 1.74 bits per heavy atom. The molecule has 0 saturated carbocycles. The highest BCUT2D eigenvalue weighted by Gasteiger charge is 2.07. The minimum absolute atomic E-state index is 0.140. The Morgan fingerprint density at radius 1 is 1.00 bits per heavy atom. The van der Waals surface area contributed by atoms with Crippen molar-refractivity contribution in [3.8, 4) is 0 Å². The molecule has 0 unspecified atom stereocenters. The van der Waals surface area contributed by atoms with E-state index < -0.39 is 0 Å². The third-order valence-corrected chi connectivity index (χ3v) is 3.76. The second kappa shape index (κ2) is 7.01. The van der Waals surface area contributed by atoms with Gasteiger partial charge in [0.1, 0.15) is 0 Å². The number of amides is 1. The number of unbranched alkanes of at least 4 members (excludes halogenated alkanes) is 1. The van der Waals surface area contributed by atoms with Crippen LogP contribution in [0.15, 0.2) is 54.9 Å². The fraction of sp³-hybridized carbons (Fsp3) is 0.211. The Balaban J connectivity index is 1.72. The number of rotatable bonds is 5. The number of aromatic nitrogens is 2. The Bertz CT molecular complexity index is 812. The van der Waals surface area contributed by atoms with Crippen LogP contribution < -0.4 is 5.32 Å². The molecule has 1 N–H and O–H groups in total. The van der Waals surface area contributed by atoms with Crippen LogP contribution in [0.4, 0.5) is 5.69 Å². The van der Waals surface area contributed by atoms with E-state index in [9.17, 15) is 4.79 Å². The highest BCUT2D eigenvalue weighted by Crippen LogP contribution is 2.15. The number of benzene rings is 2. The average Bonchev–Trinajstić information content (AvgIpc) is 2.60. The smallest absolute Gasteiger partial charge is 0.255 e. The van der Waals surface area contributed by atoms with Crippen LogP contribution in [0.2, 0.25) is 0 Å². The molecule has 0 radical (unpaired) electrons. The van der Waals surface area contributed by atoms with Crippen molar-refractivity contribution >= 4 is 22.6 Å². The normalized spacial score (nSPS) is 10.7. The summed E-state index contributed by atoms with van der Waals surface area (Å²) in [6.07, 6.45) is 6.71. The Morgan fingerprint density at radius 3 is 2.48 bits per heavy atom. The molecule has 116 valence electrons. The van der Waals surface area contributed by atoms with Crippen molar-refractivity contribution in [1.82, 2.24) is 9.97 Å². The zero-order valence-electron chi connectivity index (χ0n) is 13.1. The lowest BCUT2D eigenvalue weighted by atomic mass is 10.1. The summed E-state index contributed by atoms with van der Waals surface area (Å²) in [4.78, 5) is 20.8. The topological polar surface area (TPSA) is 54.9 Å². The number of fused-ring (bicyclic) bond motifs is 1. The molecule has 3 rings (SSSR count). The van der Waals surface area contributed by atoms with Crippen LogP contribution in [0.25, 0.3) is 11.0 Å². The molecule has 4 heteroatoms. The number of hydrogen-bond donors (Lipinski definition) is 1. The molecule has 0 aliphatic heterocycles. The monoisotopic (exact) mass is 305 g/mol. The van der Waals surface area contributed by atoms with Crippen molar-refractivity contribution in [2.24, 2.45) is 0 Å². The molecule has 0 atom stereocenters. The van der Waals surface area contributed by atoms with E-state index in [1.54, 1.807) is 24.5 Å². The van der Waals surface area contributed by atoms with Gasteiger partial charge < -0.3 is 5.32 Å². The zero-order chi connectivity index (χ0) is 16.1. The minimum Gasteiger partial charge on any atom is -0.322 e. The van der Waals surface area contributed by atoms with Gasteiger partial charge in [0.2, 0.25) is 0 Å². The van der Waals surface area contributed by atoms with Gasteiger partial charge in [-0.15, -0.1) is 0 Å². The summed E-state index contributed by atoms with van der Waals surface area (Å²) in [6, 6.07) is 13.4. The second-order valence-electron chi connectivity index (χ2n) is 5.51. The first-order valence-electron chi connectivity index (χ1n) is 7.87. The fourth-order valence-electron chi connectivity index (χ4n) is 2.44. The van der Waals surface area contributed by atoms with Crippen molar-refractivity contribution in [2.75, 3.05) is 5.32 Å². The Labute approximate surface area is 135 Å². The third-order valence-electron chi connectivity index (χ3n) is 3.76. The molecule has 0 aliphatic carbocycles. The SMILES string of the molecule is CCCCc1ccc(NC(=O)c2ccc3nccnc3c2)cc1. The molecule has 0 aliphatic rings. The van der Waals surface area contributed by atoms with Crippen molar-refractivity contribution in [2.45, 2.75) is 26.2 Å². The van der Waals surface area contributed by atoms with Gasteiger partial charge in [-0.3, -0.25) is 14.8 Å². The molecule has 2 aromatic carbocycles. The van der Waals surface area contributed by atoms with E-state index in [-0.39, 0.29) is 5.91 Å². The third kappa shape index (κ3) is 3.72. The van der Waals surface area contributed by atoms with E-state index in [0.717, 1.165) is 23.1 Å². The molecule has 1 heterocycles. The summed E-state index contributed by atoms with van der Waals surface area (Å²) < 4.78 is 0. The zero-order valence-corrected chi connectivity index (χ0v) is 13.1. The van der Waals surface area contributed by atoms with Crippen LogP contribution in [0.1, 0.15) is 35.7 Å². The number of carbonyl (C=O) groups is 1. The molecular weight excluding hydrogens is 286 g/mol. The number of anilines is 1. The van der Waals surface area contributed by atoms with Crippen LogP contribution in [-0.2, 0) is 6.42 Å². The summed E-state index contributed by atoms with van der Waals surface area (Å²) in [6.45, 7) is 2.18. The number of carbonyl (C=O) groups excluding carboxylic acids is 1. The predicted octanol–water partition coefficient (Wildman–Crippen LogP) is 4.22. The molecule has 0 fully saturated rings. The summed E-state index contributed by atoms with van der Waals surface area (Å²) >= 11 is 0. The Kier molecular flexibility index (Phi) is 4.62. The maximum absolute atomic E-state index is 12.4. The van der Waals surface area contributed by atoms with E-state index in [1.807, 2.05) is 18.2 Å². The van der Waals surface area contributed by atoms with Crippen LogP contribution in [-0.4, -0.2) is 15.9 Å². The first-order chi connectivity index (χ1) is 11.3. The molecule has 0 spiro atoms. The summed E-state index contributed by atoms with van der Waals surface area (Å²) in [5.41, 5.74) is 4.17. The highest BCUT2D eigenvalue weighted by molar-refractivity contribution is 6.05. The van der Waals surface area contributed by atoms with Crippen LogP contribution >= 0.6 is 0 Å². The number of hydrogen-bond acceptors (Lipinski definition) is 3. The largest absolute Gasteiger partial charge is 0.322 e. The number of nitrogens with zero attached hydrogens (tertiary/aromatic N) is 2. The van der Waals surface area contributed by atoms with E-state index >= 15 is 0 Å². The summed E-state index contributed by atoms with van der Waals surface area (Å²) in [5.74, 6) is -0.140. The predicted molar refractivity (Wildman–Crippen MR) is 92.5 cm³/mol. The van der Waals surface area contributed by atoms with Crippen LogP contribution in [0.5, 0.6) is 0 Å². The van der Waals surface area contributed by atoms with Gasteiger partial charge in [-0.2, -0.15) is 0 Å². The van der Waals surface area contributed by atoms with Crippen molar-refractivity contribution in [1.29, 1.82) is 0 Å². The maximum Gasteiger partial charge on any atom is 0.255 e. The van der Waals surface area contributed by atoms with Gasteiger partial charge in [-0.25, -0.2) is 0 Å². The molecule has 23 heavy (non-hydrogen) atoms. The highest BCUT2D eigenvalue weighted by atomic mass is 16.1. The lowest BCUT2D eigenvalue weighted by Gasteiger charge is -2.07. The van der Waals surface area contributed by atoms with Crippen LogP contribution in [0.3, 0.4) is 0 Å². The van der Waals surface area contributed by atoms with E-state index in [0.29, 0.717) is 5.56 Å². The van der Waals surface area contributed by atoms with Crippen molar-refractivity contribution in [3.05, 3.63) is 66.0 Å². The van der Waals surface area contributed by atoms with E-state index in [1.165, 1.54) is 18.4 Å². The van der Waals surface area contributed by atoms with Gasteiger partial charge in [0.25, 0.3) is 5.91 Å². The maximum atomic E-state index is 12.4. The summed E-state index contributed by atoms with van der Waals surface area (Å²) in [7, 11) is 0. The first kappa shape index (κ1) is 15.2.